The van der Waals surface area contributed by atoms with Crippen molar-refractivity contribution in [2.75, 3.05) is 43.2 Å². The van der Waals surface area contributed by atoms with Crippen LogP contribution in [0, 0.1) is 0 Å². The summed E-state index contributed by atoms with van der Waals surface area (Å²) in [5, 5.41) is 0. The minimum Gasteiger partial charge on any atom is -0.383 e. The Hall–Kier alpha value is -2.90. The van der Waals surface area contributed by atoms with Gasteiger partial charge in [0.25, 0.3) is 0 Å². The molecule has 1 aliphatic heterocycles. The third-order valence-corrected chi connectivity index (χ3v) is 6.22. The van der Waals surface area contributed by atoms with E-state index in [1.165, 1.54) is 6.26 Å². The largest absolute Gasteiger partial charge is 0.383 e. The molecule has 2 heterocycles. The van der Waals surface area contributed by atoms with Crippen molar-refractivity contribution in [1.29, 1.82) is 0 Å². The van der Waals surface area contributed by atoms with E-state index < -0.39 is 9.84 Å². The first-order valence-corrected chi connectivity index (χ1v) is 11.3. The fourth-order valence-electron chi connectivity index (χ4n) is 3.43. The second kappa shape index (κ2) is 7.85. The smallest absolute Gasteiger partial charge is 0.175 e. The number of hydrogen-bond acceptors (Lipinski definition) is 6. The number of anilines is 2. The Balaban J connectivity index is 1.63. The lowest BCUT2D eigenvalue weighted by Gasteiger charge is -2.29. The highest BCUT2D eigenvalue weighted by atomic mass is 32.2. The van der Waals surface area contributed by atoms with Crippen LogP contribution in [-0.4, -0.2) is 46.0 Å². The predicted octanol–water partition coefficient (Wildman–Crippen LogP) is 3.24. The van der Waals surface area contributed by atoms with Gasteiger partial charge in [0.1, 0.15) is 5.82 Å². The number of benzene rings is 2. The van der Waals surface area contributed by atoms with Crippen LogP contribution >= 0.6 is 0 Å². The highest BCUT2D eigenvalue weighted by Gasteiger charge is 2.13. The third-order valence-electron chi connectivity index (χ3n) is 5.09. The number of pyridine rings is 1. The lowest BCUT2D eigenvalue weighted by molar-refractivity contribution is 0.122. The molecule has 150 valence electrons. The molecular weight excluding hydrogens is 386 g/mol. The first-order valence-electron chi connectivity index (χ1n) is 9.41. The quantitative estimate of drug-likeness (QED) is 0.712. The Bertz CT molecular complexity index is 1110. The van der Waals surface area contributed by atoms with Crippen LogP contribution in [0.4, 0.5) is 11.5 Å². The summed E-state index contributed by atoms with van der Waals surface area (Å²) in [6, 6.07) is 17.1. The van der Waals surface area contributed by atoms with Gasteiger partial charge in [0.05, 0.1) is 18.1 Å². The molecule has 0 unspecified atom stereocenters. The van der Waals surface area contributed by atoms with Gasteiger partial charge < -0.3 is 15.4 Å². The van der Waals surface area contributed by atoms with E-state index in [2.05, 4.69) is 34.1 Å². The highest BCUT2D eigenvalue weighted by Crippen LogP contribution is 2.31. The van der Waals surface area contributed by atoms with Crippen molar-refractivity contribution in [3.8, 4) is 22.3 Å². The highest BCUT2D eigenvalue weighted by molar-refractivity contribution is 7.90. The Morgan fingerprint density at radius 1 is 0.931 bits per heavy atom. The van der Waals surface area contributed by atoms with Crippen LogP contribution in [0.5, 0.6) is 0 Å². The van der Waals surface area contributed by atoms with Gasteiger partial charge in [-0.15, -0.1) is 0 Å². The van der Waals surface area contributed by atoms with Crippen molar-refractivity contribution in [2.24, 2.45) is 0 Å². The second-order valence-corrected chi connectivity index (χ2v) is 9.12. The second-order valence-electron chi connectivity index (χ2n) is 7.10. The van der Waals surface area contributed by atoms with Crippen LogP contribution in [0.3, 0.4) is 0 Å². The first-order chi connectivity index (χ1) is 13.9. The number of sulfone groups is 1. The Morgan fingerprint density at radius 3 is 2.17 bits per heavy atom. The molecule has 1 fully saturated rings. The van der Waals surface area contributed by atoms with Gasteiger partial charge in [0, 0.05) is 42.4 Å². The Morgan fingerprint density at radius 2 is 1.55 bits per heavy atom. The van der Waals surface area contributed by atoms with Gasteiger partial charge in [-0.05, 0) is 41.5 Å². The summed E-state index contributed by atoms with van der Waals surface area (Å²) in [6.45, 7) is 3.28. The van der Waals surface area contributed by atoms with Crippen molar-refractivity contribution in [3.05, 3.63) is 60.8 Å². The molecule has 2 aromatic carbocycles. The molecule has 2 N–H and O–H groups in total. The number of hydrogen-bond donors (Lipinski definition) is 1. The Labute approximate surface area is 170 Å². The van der Waals surface area contributed by atoms with E-state index in [1.807, 2.05) is 6.07 Å². The molecule has 1 saturated heterocycles. The van der Waals surface area contributed by atoms with Gasteiger partial charge in [-0.3, -0.25) is 0 Å². The summed E-state index contributed by atoms with van der Waals surface area (Å²) in [5.41, 5.74) is 10.9. The van der Waals surface area contributed by atoms with Crippen LogP contribution in [0.2, 0.25) is 0 Å². The van der Waals surface area contributed by atoms with Crippen LogP contribution < -0.4 is 10.6 Å². The van der Waals surface area contributed by atoms with Crippen LogP contribution in [-0.2, 0) is 14.6 Å². The molecule has 3 aromatic rings. The standard InChI is InChI=1S/C22H23N3O3S/c1-29(26,27)20-8-4-16(5-9-20)18-14-21(22(23)24-15-18)17-2-6-19(7-3-17)25-10-12-28-13-11-25/h2-9,14-15H,10-13H2,1H3,(H2,23,24). The van der Waals surface area contributed by atoms with Crippen molar-refractivity contribution < 1.29 is 13.2 Å². The molecule has 1 aromatic heterocycles. The maximum Gasteiger partial charge on any atom is 0.175 e. The molecule has 4 rings (SSSR count). The monoisotopic (exact) mass is 409 g/mol. The topological polar surface area (TPSA) is 85.5 Å². The van der Waals surface area contributed by atoms with E-state index in [4.69, 9.17) is 10.5 Å². The molecule has 0 radical (unpaired) electrons. The zero-order valence-electron chi connectivity index (χ0n) is 16.2. The number of morpholine rings is 1. The van der Waals surface area contributed by atoms with E-state index in [0.29, 0.717) is 10.7 Å². The molecule has 0 aliphatic carbocycles. The van der Waals surface area contributed by atoms with Crippen molar-refractivity contribution in [3.63, 3.8) is 0 Å². The summed E-state index contributed by atoms with van der Waals surface area (Å²) in [5.74, 6) is 0.459. The molecule has 0 saturated carbocycles. The average molecular weight is 410 g/mol. The van der Waals surface area contributed by atoms with Gasteiger partial charge in [0.15, 0.2) is 9.84 Å². The summed E-state index contributed by atoms with van der Waals surface area (Å²) in [6.07, 6.45) is 2.90. The summed E-state index contributed by atoms with van der Waals surface area (Å²) in [4.78, 5) is 6.94. The van der Waals surface area contributed by atoms with E-state index in [0.717, 1.165) is 54.2 Å². The molecular formula is C22H23N3O3S. The molecule has 0 atom stereocenters. The zero-order valence-corrected chi connectivity index (χ0v) is 17.0. The number of nitrogen functional groups attached to an aromatic ring is 1. The Kier molecular flexibility index (Phi) is 5.25. The lowest BCUT2D eigenvalue weighted by Crippen LogP contribution is -2.36. The minimum atomic E-state index is -3.22. The number of aromatic nitrogens is 1. The van der Waals surface area contributed by atoms with E-state index >= 15 is 0 Å². The molecule has 0 bridgehead atoms. The average Bonchev–Trinajstić information content (AvgIpc) is 2.74. The fraction of sp³-hybridized carbons (Fsp3) is 0.227. The number of rotatable bonds is 4. The summed E-state index contributed by atoms with van der Waals surface area (Å²) in [7, 11) is -3.22. The maximum atomic E-state index is 11.7. The van der Waals surface area contributed by atoms with E-state index in [1.54, 1.807) is 30.5 Å². The number of nitrogens with two attached hydrogens (primary N) is 1. The van der Waals surface area contributed by atoms with Gasteiger partial charge in [0.2, 0.25) is 0 Å². The van der Waals surface area contributed by atoms with Crippen molar-refractivity contribution in [2.45, 2.75) is 4.90 Å². The lowest BCUT2D eigenvalue weighted by atomic mass is 10.0. The van der Waals surface area contributed by atoms with Gasteiger partial charge >= 0.3 is 0 Å². The molecule has 1 aliphatic rings. The van der Waals surface area contributed by atoms with Gasteiger partial charge in [-0.1, -0.05) is 24.3 Å². The molecule has 29 heavy (non-hydrogen) atoms. The predicted molar refractivity (Wildman–Crippen MR) is 116 cm³/mol. The van der Waals surface area contributed by atoms with Crippen LogP contribution in [0.25, 0.3) is 22.3 Å². The van der Waals surface area contributed by atoms with Crippen LogP contribution in [0.1, 0.15) is 0 Å². The molecule has 0 amide bonds. The van der Waals surface area contributed by atoms with Gasteiger partial charge in [-0.25, -0.2) is 13.4 Å². The normalized spacial score (nSPS) is 14.7. The van der Waals surface area contributed by atoms with Crippen molar-refractivity contribution in [1.82, 2.24) is 4.98 Å². The van der Waals surface area contributed by atoms with E-state index in [-0.39, 0.29) is 0 Å². The molecule has 7 heteroatoms. The maximum absolute atomic E-state index is 11.7. The third kappa shape index (κ3) is 4.26. The van der Waals surface area contributed by atoms with Crippen LogP contribution in [0.15, 0.2) is 65.7 Å². The first kappa shape index (κ1) is 19.4. The molecule has 6 nitrogen and oxygen atoms in total. The molecule has 0 spiro atoms. The fourth-order valence-corrected chi connectivity index (χ4v) is 4.06. The summed E-state index contributed by atoms with van der Waals surface area (Å²) < 4.78 is 28.7. The summed E-state index contributed by atoms with van der Waals surface area (Å²) >= 11 is 0. The van der Waals surface area contributed by atoms with E-state index in [9.17, 15) is 8.42 Å². The van der Waals surface area contributed by atoms with Crippen molar-refractivity contribution >= 4 is 21.3 Å². The number of ether oxygens (including phenoxy) is 1. The minimum absolute atomic E-state index is 0.295. The zero-order chi connectivity index (χ0) is 20.4. The van der Waals surface area contributed by atoms with Gasteiger partial charge in [-0.2, -0.15) is 0 Å². The number of nitrogens with zero attached hydrogens (tertiary/aromatic N) is 2. The SMILES string of the molecule is CS(=O)(=O)c1ccc(-c2cnc(N)c(-c3ccc(N4CCOCC4)cc3)c2)cc1.